The lowest BCUT2D eigenvalue weighted by Gasteiger charge is -2.47. The van der Waals surface area contributed by atoms with Gasteiger partial charge >= 0.3 is 0 Å². The van der Waals surface area contributed by atoms with E-state index in [2.05, 4.69) is 10.3 Å². The molecule has 0 saturated carbocycles. The molecular formula is C20H30N4O3. The van der Waals surface area contributed by atoms with Crippen LogP contribution in [-0.4, -0.2) is 65.9 Å². The standard InChI is InChI=1S/C20H30N4O3/c1-13(2)16-6-5-15(19(26)22-16)20(27)23-10-8-17-14(12-23)4-7-18(25)24(17)11-9-21-3/h5-6,13-14,17,21H,4,7-12H2,1-3H3,(H,22,26)/t14-,17+/m0/s1. The Balaban J connectivity index is 1.71. The topological polar surface area (TPSA) is 85.5 Å². The van der Waals surface area contributed by atoms with Crippen LogP contribution in [0.3, 0.4) is 0 Å². The van der Waals surface area contributed by atoms with Gasteiger partial charge in [-0.2, -0.15) is 0 Å². The van der Waals surface area contributed by atoms with Gasteiger partial charge in [-0.1, -0.05) is 13.8 Å². The minimum absolute atomic E-state index is 0.199. The van der Waals surface area contributed by atoms with E-state index in [0.29, 0.717) is 26.1 Å². The Bertz CT molecular complexity index is 758. The summed E-state index contributed by atoms with van der Waals surface area (Å²) >= 11 is 0. The Morgan fingerprint density at radius 3 is 2.74 bits per heavy atom. The fraction of sp³-hybridized carbons (Fsp3) is 0.650. The second-order valence-electron chi connectivity index (χ2n) is 7.91. The number of aromatic nitrogens is 1. The number of piperidine rings is 2. The number of nitrogens with one attached hydrogen (secondary N) is 2. The number of likely N-dealkylation sites (tertiary alicyclic amines) is 2. The molecule has 0 aliphatic carbocycles. The lowest BCUT2D eigenvalue weighted by molar-refractivity contribution is -0.140. The molecule has 2 atom stereocenters. The Hall–Kier alpha value is -2.15. The van der Waals surface area contributed by atoms with E-state index in [1.165, 1.54) is 0 Å². The molecule has 2 fully saturated rings. The SMILES string of the molecule is CNCCN1C(=O)CC[C@H]2CN(C(=O)c3ccc(C(C)C)[nH]c3=O)CC[C@H]21. The molecule has 7 nitrogen and oxygen atoms in total. The predicted octanol–water partition coefficient (Wildman–Crippen LogP) is 1.17. The Morgan fingerprint density at radius 1 is 1.30 bits per heavy atom. The average Bonchev–Trinajstić information content (AvgIpc) is 2.66. The van der Waals surface area contributed by atoms with Gasteiger partial charge in [-0.05, 0) is 43.9 Å². The van der Waals surface area contributed by atoms with Crippen LogP contribution >= 0.6 is 0 Å². The summed E-state index contributed by atoms with van der Waals surface area (Å²) in [6, 6.07) is 3.67. The van der Waals surface area contributed by atoms with Crippen LogP contribution in [0, 0.1) is 5.92 Å². The van der Waals surface area contributed by atoms with Crippen molar-refractivity contribution in [2.75, 3.05) is 33.2 Å². The molecule has 2 amide bonds. The van der Waals surface area contributed by atoms with Crippen molar-refractivity contribution in [3.63, 3.8) is 0 Å². The molecule has 0 bridgehead atoms. The van der Waals surface area contributed by atoms with Gasteiger partial charge < -0.3 is 20.1 Å². The molecule has 1 aromatic heterocycles. The van der Waals surface area contributed by atoms with E-state index in [1.54, 1.807) is 11.0 Å². The van der Waals surface area contributed by atoms with Crippen molar-refractivity contribution >= 4 is 11.8 Å². The average molecular weight is 374 g/mol. The largest absolute Gasteiger partial charge is 0.338 e. The lowest BCUT2D eigenvalue weighted by Crippen LogP contribution is -2.58. The van der Waals surface area contributed by atoms with Crippen molar-refractivity contribution in [2.45, 2.75) is 45.1 Å². The molecule has 2 N–H and O–H groups in total. The monoisotopic (exact) mass is 374 g/mol. The summed E-state index contributed by atoms with van der Waals surface area (Å²) in [4.78, 5) is 44.2. The van der Waals surface area contributed by atoms with Crippen LogP contribution in [0.5, 0.6) is 0 Å². The van der Waals surface area contributed by atoms with Crippen molar-refractivity contribution in [3.8, 4) is 0 Å². The summed E-state index contributed by atoms with van der Waals surface area (Å²) in [7, 11) is 1.88. The highest BCUT2D eigenvalue weighted by molar-refractivity contribution is 5.94. The van der Waals surface area contributed by atoms with Crippen molar-refractivity contribution in [1.29, 1.82) is 0 Å². The number of pyridine rings is 1. The fourth-order valence-electron chi connectivity index (χ4n) is 4.22. The van der Waals surface area contributed by atoms with E-state index in [4.69, 9.17) is 0 Å². The van der Waals surface area contributed by atoms with Gasteiger partial charge in [0.15, 0.2) is 0 Å². The number of nitrogens with zero attached hydrogens (tertiary/aromatic N) is 2. The molecule has 0 spiro atoms. The molecule has 2 aliphatic heterocycles. The first-order valence-corrected chi connectivity index (χ1v) is 9.89. The van der Waals surface area contributed by atoms with E-state index < -0.39 is 0 Å². The summed E-state index contributed by atoms with van der Waals surface area (Å²) in [5.74, 6) is 0.503. The third-order valence-corrected chi connectivity index (χ3v) is 5.82. The molecule has 2 aliphatic rings. The Kier molecular flexibility index (Phi) is 5.99. The molecule has 0 radical (unpaired) electrons. The van der Waals surface area contributed by atoms with E-state index in [9.17, 15) is 14.4 Å². The second-order valence-corrected chi connectivity index (χ2v) is 7.91. The number of rotatable bonds is 5. The van der Waals surface area contributed by atoms with Gasteiger partial charge in [-0.25, -0.2) is 0 Å². The van der Waals surface area contributed by atoms with Crippen LogP contribution in [0.25, 0.3) is 0 Å². The fourth-order valence-corrected chi connectivity index (χ4v) is 4.22. The summed E-state index contributed by atoms with van der Waals surface area (Å²) < 4.78 is 0. The van der Waals surface area contributed by atoms with Crippen LogP contribution in [0.2, 0.25) is 0 Å². The summed E-state index contributed by atoms with van der Waals surface area (Å²) in [6.07, 6.45) is 2.12. The van der Waals surface area contributed by atoms with Crippen LogP contribution in [0.4, 0.5) is 0 Å². The second kappa shape index (κ2) is 8.25. The van der Waals surface area contributed by atoms with E-state index in [0.717, 1.165) is 25.1 Å². The number of amides is 2. The molecule has 0 unspecified atom stereocenters. The number of fused-ring (bicyclic) bond motifs is 1. The van der Waals surface area contributed by atoms with Crippen molar-refractivity contribution in [3.05, 3.63) is 33.7 Å². The third-order valence-electron chi connectivity index (χ3n) is 5.82. The summed E-state index contributed by atoms with van der Waals surface area (Å²) in [5, 5.41) is 3.10. The van der Waals surface area contributed by atoms with Crippen molar-refractivity contribution < 1.29 is 9.59 Å². The van der Waals surface area contributed by atoms with Gasteiger partial charge in [0.25, 0.3) is 11.5 Å². The third kappa shape index (κ3) is 4.08. The number of hydrogen-bond acceptors (Lipinski definition) is 4. The van der Waals surface area contributed by atoms with Crippen LogP contribution in [0.15, 0.2) is 16.9 Å². The lowest BCUT2D eigenvalue weighted by atomic mass is 9.83. The van der Waals surface area contributed by atoms with Gasteiger partial charge in [-0.15, -0.1) is 0 Å². The van der Waals surface area contributed by atoms with Gasteiger partial charge in [0.1, 0.15) is 5.56 Å². The van der Waals surface area contributed by atoms with Crippen molar-refractivity contribution in [2.24, 2.45) is 5.92 Å². The molecule has 148 valence electrons. The van der Waals surface area contributed by atoms with E-state index >= 15 is 0 Å². The quantitative estimate of drug-likeness (QED) is 0.810. The number of likely N-dealkylation sites (N-methyl/N-ethyl adjacent to an activating group) is 1. The maximum Gasteiger partial charge on any atom is 0.261 e. The predicted molar refractivity (Wildman–Crippen MR) is 104 cm³/mol. The zero-order valence-electron chi connectivity index (χ0n) is 16.5. The molecule has 3 rings (SSSR count). The van der Waals surface area contributed by atoms with Crippen LogP contribution in [-0.2, 0) is 4.79 Å². The minimum Gasteiger partial charge on any atom is -0.338 e. The zero-order chi connectivity index (χ0) is 19.6. The van der Waals surface area contributed by atoms with E-state index in [-0.39, 0.29) is 40.8 Å². The zero-order valence-corrected chi connectivity index (χ0v) is 16.5. The molecular weight excluding hydrogens is 344 g/mol. The maximum atomic E-state index is 12.9. The smallest absolute Gasteiger partial charge is 0.261 e. The molecule has 1 aromatic rings. The Morgan fingerprint density at radius 2 is 2.07 bits per heavy atom. The van der Waals surface area contributed by atoms with Gasteiger partial charge in [-0.3, -0.25) is 14.4 Å². The summed E-state index contributed by atoms with van der Waals surface area (Å²) in [5.41, 5.74) is 0.723. The number of H-pyrrole nitrogens is 1. The molecule has 27 heavy (non-hydrogen) atoms. The van der Waals surface area contributed by atoms with Gasteiger partial charge in [0, 0.05) is 44.3 Å². The number of aromatic amines is 1. The first-order valence-electron chi connectivity index (χ1n) is 9.89. The number of carbonyl (C=O) groups excluding carboxylic acids is 2. The number of hydrogen-bond donors (Lipinski definition) is 2. The molecule has 3 heterocycles. The highest BCUT2D eigenvalue weighted by Gasteiger charge is 2.40. The first kappa shape index (κ1) is 19.6. The van der Waals surface area contributed by atoms with E-state index in [1.807, 2.05) is 31.9 Å². The highest BCUT2D eigenvalue weighted by Crippen LogP contribution is 2.31. The maximum absolute atomic E-state index is 12.9. The highest BCUT2D eigenvalue weighted by atomic mass is 16.2. The molecule has 2 saturated heterocycles. The van der Waals surface area contributed by atoms with Crippen molar-refractivity contribution in [1.82, 2.24) is 20.1 Å². The van der Waals surface area contributed by atoms with Crippen LogP contribution < -0.4 is 10.9 Å². The molecule has 0 aromatic carbocycles. The Labute approximate surface area is 160 Å². The van der Waals surface area contributed by atoms with Crippen LogP contribution in [0.1, 0.15) is 55.1 Å². The first-order chi connectivity index (χ1) is 12.9. The number of carbonyl (C=O) groups is 2. The minimum atomic E-state index is -0.317. The summed E-state index contributed by atoms with van der Waals surface area (Å²) in [6.45, 7) is 6.67. The normalized spacial score (nSPS) is 22.9. The van der Waals surface area contributed by atoms with Gasteiger partial charge in [0.2, 0.25) is 5.91 Å². The molecule has 7 heteroatoms. The van der Waals surface area contributed by atoms with Gasteiger partial charge in [0.05, 0.1) is 0 Å².